The highest BCUT2D eigenvalue weighted by molar-refractivity contribution is 5.94. The van der Waals surface area contributed by atoms with E-state index in [1.165, 1.54) is 0 Å². The first-order chi connectivity index (χ1) is 8.01. The van der Waals surface area contributed by atoms with Crippen LogP contribution in [0.25, 0.3) is 0 Å². The van der Waals surface area contributed by atoms with Gasteiger partial charge in [0.25, 0.3) is 5.91 Å². The maximum atomic E-state index is 12.2. The molecule has 0 aliphatic carbocycles. The quantitative estimate of drug-likeness (QED) is 0.871. The second-order valence-corrected chi connectivity index (χ2v) is 4.39. The molecule has 0 atom stereocenters. The number of rotatable bonds is 4. The van der Waals surface area contributed by atoms with Crippen LogP contribution in [0.3, 0.4) is 0 Å². The summed E-state index contributed by atoms with van der Waals surface area (Å²) in [6.45, 7) is 5.96. The fourth-order valence-electron chi connectivity index (χ4n) is 1.99. The van der Waals surface area contributed by atoms with Crippen LogP contribution in [0.4, 0.5) is 0 Å². The van der Waals surface area contributed by atoms with Crippen LogP contribution in [0.15, 0.2) is 18.2 Å². The fraction of sp³-hybridized carbons (Fsp3) is 0.500. The van der Waals surface area contributed by atoms with Gasteiger partial charge in [0.15, 0.2) is 0 Å². The van der Waals surface area contributed by atoms with Crippen molar-refractivity contribution in [3.8, 4) is 5.75 Å². The third-order valence-electron chi connectivity index (χ3n) is 3.25. The normalized spacial score (nSPS) is 10.6. The van der Waals surface area contributed by atoms with Crippen molar-refractivity contribution in [1.29, 1.82) is 0 Å². The van der Waals surface area contributed by atoms with Crippen molar-refractivity contribution in [1.82, 2.24) is 4.90 Å². The Morgan fingerprint density at radius 3 is 2.41 bits per heavy atom. The van der Waals surface area contributed by atoms with E-state index < -0.39 is 0 Å². The number of amides is 1. The highest BCUT2D eigenvalue weighted by Gasteiger charge is 2.18. The second-order valence-electron chi connectivity index (χ2n) is 4.39. The Hall–Kier alpha value is -1.51. The first-order valence-corrected chi connectivity index (χ1v) is 6.08. The van der Waals surface area contributed by atoms with Crippen LogP contribution in [0, 0.1) is 6.92 Å². The minimum atomic E-state index is 0.0156. The van der Waals surface area contributed by atoms with E-state index in [4.69, 9.17) is 0 Å². The average molecular weight is 235 g/mol. The van der Waals surface area contributed by atoms with Gasteiger partial charge in [-0.2, -0.15) is 0 Å². The van der Waals surface area contributed by atoms with E-state index in [9.17, 15) is 9.90 Å². The number of hydrogen-bond acceptors (Lipinski definition) is 2. The molecule has 0 heterocycles. The predicted molar refractivity (Wildman–Crippen MR) is 69.3 cm³/mol. The van der Waals surface area contributed by atoms with Crippen molar-refractivity contribution in [3.05, 3.63) is 29.3 Å². The highest BCUT2D eigenvalue weighted by atomic mass is 16.3. The monoisotopic (exact) mass is 235 g/mol. The van der Waals surface area contributed by atoms with E-state index in [2.05, 4.69) is 13.8 Å². The van der Waals surface area contributed by atoms with Crippen molar-refractivity contribution >= 4 is 5.91 Å². The van der Waals surface area contributed by atoms with Crippen LogP contribution in [-0.2, 0) is 0 Å². The summed E-state index contributed by atoms with van der Waals surface area (Å²) < 4.78 is 0. The molecule has 1 rings (SSSR count). The molecule has 0 aliphatic rings. The number of benzene rings is 1. The molecule has 1 amide bonds. The van der Waals surface area contributed by atoms with E-state index >= 15 is 0 Å². The van der Waals surface area contributed by atoms with Gasteiger partial charge in [-0.05, 0) is 43.5 Å². The molecule has 0 saturated carbocycles. The maximum Gasteiger partial charge on any atom is 0.253 e. The summed E-state index contributed by atoms with van der Waals surface area (Å²) in [5.74, 6) is 0.244. The molecule has 94 valence electrons. The molecule has 0 bridgehead atoms. The Morgan fingerprint density at radius 1 is 1.35 bits per heavy atom. The Labute approximate surface area is 103 Å². The summed E-state index contributed by atoms with van der Waals surface area (Å²) in [6, 6.07) is 5.25. The second kappa shape index (κ2) is 5.71. The summed E-state index contributed by atoms with van der Waals surface area (Å²) in [7, 11) is 1.84. The van der Waals surface area contributed by atoms with Crippen molar-refractivity contribution in [3.63, 3.8) is 0 Å². The Morgan fingerprint density at radius 2 is 1.94 bits per heavy atom. The molecular weight excluding hydrogens is 214 g/mol. The lowest BCUT2D eigenvalue weighted by Crippen LogP contribution is -2.36. The number of aromatic hydroxyl groups is 1. The molecule has 3 nitrogen and oxygen atoms in total. The van der Waals surface area contributed by atoms with Crippen LogP contribution in [0.5, 0.6) is 5.75 Å². The van der Waals surface area contributed by atoms with E-state index in [1.807, 2.05) is 7.05 Å². The zero-order valence-electron chi connectivity index (χ0n) is 11.0. The molecular formula is C14H21NO2. The molecule has 17 heavy (non-hydrogen) atoms. The molecule has 1 aromatic carbocycles. The highest BCUT2D eigenvalue weighted by Crippen LogP contribution is 2.19. The van der Waals surface area contributed by atoms with Gasteiger partial charge >= 0.3 is 0 Å². The van der Waals surface area contributed by atoms with Crippen molar-refractivity contribution in [2.75, 3.05) is 7.05 Å². The molecule has 0 aliphatic heterocycles. The first-order valence-electron chi connectivity index (χ1n) is 6.08. The number of nitrogens with zero attached hydrogens (tertiary/aromatic N) is 1. The fourth-order valence-corrected chi connectivity index (χ4v) is 1.99. The van der Waals surface area contributed by atoms with Crippen LogP contribution >= 0.6 is 0 Å². The minimum absolute atomic E-state index is 0.0156. The molecule has 3 heteroatoms. The molecule has 0 radical (unpaired) electrons. The summed E-state index contributed by atoms with van der Waals surface area (Å²) in [6.07, 6.45) is 1.91. The van der Waals surface area contributed by atoms with Crippen LogP contribution in [0.2, 0.25) is 0 Å². The van der Waals surface area contributed by atoms with Crippen LogP contribution in [-0.4, -0.2) is 29.0 Å². The van der Waals surface area contributed by atoms with Gasteiger partial charge in [0.1, 0.15) is 5.75 Å². The van der Waals surface area contributed by atoms with Gasteiger partial charge in [0.2, 0.25) is 0 Å². The lowest BCUT2D eigenvalue weighted by atomic mass is 10.1. The Bertz CT molecular complexity index is 397. The third-order valence-corrected chi connectivity index (χ3v) is 3.25. The molecule has 0 saturated heterocycles. The first kappa shape index (κ1) is 13.6. The average Bonchev–Trinajstić information content (AvgIpc) is 2.33. The van der Waals surface area contributed by atoms with E-state index in [1.54, 1.807) is 30.0 Å². The smallest absolute Gasteiger partial charge is 0.253 e. The zero-order chi connectivity index (χ0) is 13.0. The van der Waals surface area contributed by atoms with Gasteiger partial charge < -0.3 is 10.0 Å². The number of carbonyl (C=O) groups excluding carboxylic acids is 1. The van der Waals surface area contributed by atoms with Crippen LogP contribution in [0.1, 0.15) is 42.6 Å². The molecule has 0 spiro atoms. The number of phenols is 1. The molecule has 0 aromatic heterocycles. The lowest BCUT2D eigenvalue weighted by Gasteiger charge is -2.26. The van der Waals surface area contributed by atoms with Crippen molar-refractivity contribution in [2.24, 2.45) is 0 Å². The summed E-state index contributed by atoms with van der Waals surface area (Å²) in [4.78, 5) is 14.0. The summed E-state index contributed by atoms with van der Waals surface area (Å²) in [5, 5.41) is 9.44. The molecule has 0 unspecified atom stereocenters. The number of carbonyl (C=O) groups is 1. The lowest BCUT2D eigenvalue weighted by molar-refractivity contribution is 0.0723. The van der Waals surface area contributed by atoms with Gasteiger partial charge in [-0.3, -0.25) is 4.79 Å². The molecule has 1 aromatic rings. The zero-order valence-corrected chi connectivity index (χ0v) is 11.0. The van der Waals surface area contributed by atoms with E-state index in [-0.39, 0.29) is 17.7 Å². The van der Waals surface area contributed by atoms with Gasteiger partial charge in [-0.15, -0.1) is 0 Å². The number of aryl methyl sites for hydroxylation is 1. The van der Waals surface area contributed by atoms with Gasteiger partial charge in [-0.25, -0.2) is 0 Å². The number of phenolic OH excluding ortho intramolecular Hbond substituents is 1. The maximum absolute atomic E-state index is 12.2. The van der Waals surface area contributed by atoms with Crippen molar-refractivity contribution < 1.29 is 9.90 Å². The largest absolute Gasteiger partial charge is 0.508 e. The Kier molecular flexibility index (Phi) is 4.55. The predicted octanol–water partition coefficient (Wildman–Crippen LogP) is 2.96. The topological polar surface area (TPSA) is 40.5 Å². The Balaban J connectivity index is 2.92. The summed E-state index contributed by atoms with van der Waals surface area (Å²) >= 11 is 0. The third kappa shape index (κ3) is 2.99. The standard InChI is InChI=1S/C14H21NO2/c1-5-12(6-2)15(4)14(17)11-7-8-13(16)10(3)9-11/h7-9,12,16H,5-6H2,1-4H3. The van der Waals surface area contributed by atoms with Gasteiger partial charge in [-0.1, -0.05) is 13.8 Å². The van der Waals surface area contributed by atoms with E-state index in [0.717, 1.165) is 18.4 Å². The van der Waals surface area contributed by atoms with Crippen molar-refractivity contribution in [2.45, 2.75) is 39.7 Å². The molecule has 1 N–H and O–H groups in total. The number of hydrogen-bond donors (Lipinski definition) is 1. The summed E-state index contributed by atoms with van der Waals surface area (Å²) in [5.41, 5.74) is 1.36. The molecule has 0 fully saturated rings. The van der Waals surface area contributed by atoms with Crippen LogP contribution < -0.4 is 0 Å². The van der Waals surface area contributed by atoms with Gasteiger partial charge in [0, 0.05) is 18.7 Å². The SMILES string of the molecule is CCC(CC)N(C)C(=O)c1ccc(O)c(C)c1. The van der Waals surface area contributed by atoms with Gasteiger partial charge in [0.05, 0.1) is 0 Å². The minimum Gasteiger partial charge on any atom is -0.508 e. The van der Waals surface area contributed by atoms with E-state index in [0.29, 0.717) is 5.56 Å².